The van der Waals surface area contributed by atoms with Crippen molar-refractivity contribution in [2.75, 3.05) is 5.32 Å². The van der Waals surface area contributed by atoms with Crippen molar-refractivity contribution in [3.63, 3.8) is 0 Å². The van der Waals surface area contributed by atoms with Crippen LogP contribution >= 0.6 is 0 Å². The fourth-order valence-electron chi connectivity index (χ4n) is 2.72. The number of amides is 1. The van der Waals surface area contributed by atoms with Crippen molar-refractivity contribution in [2.45, 2.75) is 19.6 Å². The number of benzene rings is 2. The number of nitriles is 1. The van der Waals surface area contributed by atoms with Crippen LogP contribution in [0.2, 0.25) is 0 Å². The Labute approximate surface area is 162 Å². The van der Waals surface area contributed by atoms with Gasteiger partial charge in [0, 0.05) is 18.7 Å². The van der Waals surface area contributed by atoms with Crippen LogP contribution < -0.4 is 5.32 Å². The van der Waals surface area contributed by atoms with Crippen LogP contribution in [0, 0.1) is 11.3 Å². The van der Waals surface area contributed by atoms with Crippen molar-refractivity contribution in [1.82, 2.24) is 9.78 Å². The van der Waals surface area contributed by atoms with Gasteiger partial charge >= 0.3 is 5.97 Å². The molecule has 3 rings (SSSR count). The Morgan fingerprint density at radius 3 is 2.71 bits per heavy atom. The molecule has 140 valence electrons. The topological polar surface area (TPSA) is 97.0 Å². The van der Waals surface area contributed by atoms with Gasteiger partial charge in [-0.3, -0.25) is 14.3 Å². The number of carbonyl (C=O) groups is 2. The number of esters is 1. The van der Waals surface area contributed by atoms with Crippen molar-refractivity contribution in [3.8, 4) is 6.07 Å². The number of ether oxygens (including phenoxy) is 1. The molecule has 2 aromatic carbocycles. The van der Waals surface area contributed by atoms with Crippen LogP contribution in [0.4, 0.5) is 5.69 Å². The van der Waals surface area contributed by atoms with E-state index in [1.807, 2.05) is 18.2 Å². The van der Waals surface area contributed by atoms with Crippen LogP contribution in [0.5, 0.6) is 0 Å². The highest BCUT2D eigenvalue weighted by atomic mass is 16.5. The first-order chi connectivity index (χ1) is 13.5. The number of nitrogens with zero attached hydrogens (tertiary/aromatic N) is 3. The van der Waals surface area contributed by atoms with E-state index in [0.29, 0.717) is 23.4 Å². The van der Waals surface area contributed by atoms with Crippen LogP contribution in [0.15, 0.2) is 67.0 Å². The van der Waals surface area contributed by atoms with E-state index in [0.717, 1.165) is 5.56 Å². The second kappa shape index (κ2) is 8.64. The van der Waals surface area contributed by atoms with Gasteiger partial charge in [-0.05, 0) is 17.7 Å². The molecular weight excluding hydrogens is 356 g/mol. The molecule has 0 spiro atoms. The minimum atomic E-state index is -1.05. The van der Waals surface area contributed by atoms with Crippen molar-refractivity contribution in [1.29, 1.82) is 5.26 Å². The number of rotatable bonds is 6. The summed E-state index contributed by atoms with van der Waals surface area (Å²) >= 11 is 0. The van der Waals surface area contributed by atoms with E-state index < -0.39 is 18.0 Å². The fraction of sp³-hybridized carbons (Fsp3) is 0.143. The summed E-state index contributed by atoms with van der Waals surface area (Å²) in [6.07, 6.45) is 2.14. The van der Waals surface area contributed by atoms with Crippen molar-refractivity contribution in [2.24, 2.45) is 0 Å². The zero-order valence-electron chi connectivity index (χ0n) is 15.2. The number of carbonyl (C=O) groups excluding carboxylic acids is 2. The molecule has 1 N–H and O–H groups in total. The minimum absolute atomic E-state index is 0.456. The van der Waals surface area contributed by atoms with Gasteiger partial charge in [0.1, 0.15) is 0 Å². The predicted molar refractivity (Wildman–Crippen MR) is 102 cm³/mol. The quantitative estimate of drug-likeness (QED) is 0.669. The van der Waals surface area contributed by atoms with Gasteiger partial charge in [0.2, 0.25) is 6.10 Å². The summed E-state index contributed by atoms with van der Waals surface area (Å²) in [5.41, 5.74) is 2.55. The third kappa shape index (κ3) is 4.83. The second-order valence-electron chi connectivity index (χ2n) is 6.13. The lowest BCUT2D eigenvalue weighted by atomic mass is 10.1. The van der Waals surface area contributed by atoms with Gasteiger partial charge in [-0.2, -0.15) is 10.4 Å². The molecule has 0 aliphatic rings. The number of hydrogen-bond donors (Lipinski definition) is 1. The maximum atomic E-state index is 12.6. The lowest BCUT2D eigenvalue weighted by Gasteiger charge is -2.16. The summed E-state index contributed by atoms with van der Waals surface area (Å²) in [6.45, 7) is 1.72. The maximum absolute atomic E-state index is 12.6. The molecule has 0 saturated heterocycles. The Kier molecular flexibility index (Phi) is 5.82. The fourth-order valence-corrected chi connectivity index (χ4v) is 2.72. The lowest BCUT2D eigenvalue weighted by molar-refractivity contribution is -0.152. The monoisotopic (exact) mass is 374 g/mol. The largest absolute Gasteiger partial charge is 0.447 e. The molecule has 0 fully saturated rings. The van der Waals surface area contributed by atoms with E-state index in [9.17, 15) is 9.59 Å². The minimum Gasteiger partial charge on any atom is -0.447 e. The molecule has 28 heavy (non-hydrogen) atoms. The Bertz CT molecular complexity index is 1020. The summed E-state index contributed by atoms with van der Waals surface area (Å²) in [5, 5.41) is 15.9. The molecule has 0 bridgehead atoms. The van der Waals surface area contributed by atoms with Gasteiger partial charge in [-0.1, -0.05) is 42.5 Å². The van der Waals surface area contributed by atoms with E-state index in [2.05, 4.69) is 16.5 Å². The normalized spacial score (nSPS) is 11.3. The first-order valence-corrected chi connectivity index (χ1v) is 8.59. The highest BCUT2D eigenvalue weighted by molar-refractivity contribution is 5.95. The number of aromatic nitrogens is 2. The van der Waals surface area contributed by atoms with Crippen LogP contribution in [0.25, 0.3) is 0 Å². The van der Waals surface area contributed by atoms with E-state index in [1.165, 1.54) is 13.1 Å². The molecule has 0 radical (unpaired) electrons. The van der Waals surface area contributed by atoms with E-state index in [4.69, 9.17) is 10.00 Å². The third-order valence-electron chi connectivity index (χ3n) is 3.93. The zero-order chi connectivity index (χ0) is 19.9. The molecule has 0 unspecified atom stereocenters. The second-order valence-corrected chi connectivity index (χ2v) is 6.13. The van der Waals surface area contributed by atoms with E-state index in [1.54, 1.807) is 47.3 Å². The van der Waals surface area contributed by atoms with Gasteiger partial charge in [-0.15, -0.1) is 0 Å². The summed E-state index contributed by atoms with van der Waals surface area (Å²) in [5.74, 6) is -1.01. The Morgan fingerprint density at radius 2 is 2.00 bits per heavy atom. The van der Waals surface area contributed by atoms with E-state index in [-0.39, 0.29) is 0 Å². The number of anilines is 1. The van der Waals surface area contributed by atoms with Crippen molar-refractivity contribution < 1.29 is 14.3 Å². The Morgan fingerprint density at radius 1 is 1.21 bits per heavy atom. The van der Waals surface area contributed by atoms with Gasteiger partial charge < -0.3 is 10.1 Å². The summed E-state index contributed by atoms with van der Waals surface area (Å²) < 4.78 is 6.84. The highest BCUT2D eigenvalue weighted by Crippen LogP contribution is 2.20. The molecular formula is C21H18N4O3. The summed E-state index contributed by atoms with van der Waals surface area (Å²) in [6, 6.07) is 18.1. The third-order valence-corrected chi connectivity index (χ3v) is 3.93. The first-order valence-electron chi connectivity index (χ1n) is 8.59. The van der Waals surface area contributed by atoms with Crippen molar-refractivity contribution >= 4 is 17.6 Å². The van der Waals surface area contributed by atoms with Crippen LogP contribution in [0.3, 0.4) is 0 Å². The van der Waals surface area contributed by atoms with Gasteiger partial charge in [0.15, 0.2) is 0 Å². The molecule has 1 amide bonds. The molecule has 7 nitrogen and oxygen atoms in total. The SMILES string of the molecule is CC(=O)O[C@@H](C(=O)Nc1cnn(Cc2cccc(C#N)c2)c1)c1ccccc1. The van der Waals surface area contributed by atoms with Crippen LogP contribution in [-0.2, 0) is 20.9 Å². The molecule has 7 heteroatoms. The standard InChI is InChI=1S/C21H18N4O3/c1-15(26)28-20(18-8-3-2-4-9-18)21(27)24-19-12-23-25(14-19)13-17-7-5-6-16(10-17)11-22/h2-10,12,14,20H,13H2,1H3,(H,24,27)/t20-/m1/s1. The predicted octanol–water partition coefficient (Wildman–Crippen LogP) is 3.05. The molecule has 1 atom stereocenters. The van der Waals surface area contributed by atoms with Gasteiger partial charge in [-0.25, -0.2) is 0 Å². The number of nitrogens with one attached hydrogen (secondary N) is 1. The Hall–Kier alpha value is -3.92. The molecule has 1 heterocycles. The molecule has 0 aliphatic carbocycles. The van der Waals surface area contributed by atoms with E-state index >= 15 is 0 Å². The highest BCUT2D eigenvalue weighted by Gasteiger charge is 2.24. The summed E-state index contributed by atoms with van der Waals surface area (Å²) in [4.78, 5) is 24.0. The zero-order valence-corrected chi connectivity index (χ0v) is 15.2. The van der Waals surface area contributed by atoms with Gasteiger partial charge in [0.05, 0.1) is 30.1 Å². The average Bonchev–Trinajstić information content (AvgIpc) is 3.13. The summed E-state index contributed by atoms with van der Waals surface area (Å²) in [7, 11) is 0. The van der Waals surface area contributed by atoms with Crippen LogP contribution in [-0.4, -0.2) is 21.7 Å². The average molecular weight is 374 g/mol. The molecule has 0 aliphatic heterocycles. The smallest absolute Gasteiger partial charge is 0.303 e. The van der Waals surface area contributed by atoms with Gasteiger partial charge in [0.25, 0.3) is 5.91 Å². The van der Waals surface area contributed by atoms with Crippen molar-refractivity contribution in [3.05, 3.63) is 83.7 Å². The molecule has 3 aromatic rings. The maximum Gasteiger partial charge on any atom is 0.303 e. The first kappa shape index (κ1) is 18.9. The number of hydrogen-bond acceptors (Lipinski definition) is 5. The van der Waals surface area contributed by atoms with Crippen LogP contribution in [0.1, 0.15) is 29.7 Å². The molecule has 1 aromatic heterocycles. The lowest BCUT2D eigenvalue weighted by Crippen LogP contribution is -2.24. The Balaban J connectivity index is 1.71. The molecule has 0 saturated carbocycles.